The first-order valence-corrected chi connectivity index (χ1v) is 12.7. The van der Waals surface area contributed by atoms with Crippen LogP contribution in [0.4, 0.5) is 22.0 Å². The van der Waals surface area contributed by atoms with Gasteiger partial charge < -0.3 is 10.1 Å². The summed E-state index contributed by atoms with van der Waals surface area (Å²) < 4.78 is 72.2. The highest BCUT2D eigenvalue weighted by Crippen LogP contribution is 2.29. The monoisotopic (exact) mass is 547 g/mol. The van der Waals surface area contributed by atoms with E-state index in [1.807, 2.05) is 11.0 Å². The van der Waals surface area contributed by atoms with Crippen LogP contribution in [0.1, 0.15) is 32.6 Å². The minimum absolute atomic E-state index is 0.0531. The first-order valence-electron chi connectivity index (χ1n) is 12.7. The molecule has 1 amide bonds. The van der Waals surface area contributed by atoms with Gasteiger partial charge in [0, 0.05) is 63.0 Å². The number of amides is 1. The second kappa shape index (κ2) is 13.1. The third kappa shape index (κ3) is 8.58. The van der Waals surface area contributed by atoms with E-state index in [-0.39, 0.29) is 13.1 Å². The fourth-order valence-electron chi connectivity index (χ4n) is 4.42. The molecule has 10 heteroatoms. The summed E-state index contributed by atoms with van der Waals surface area (Å²) in [7, 11) is 0. The van der Waals surface area contributed by atoms with Crippen LogP contribution in [-0.2, 0) is 30.5 Å². The highest BCUT2D eigenvalue weighted by molar-refractivity contribution is 5.94. The molecule has 4 rings (SSSR count). The molecule has 3 aromatic rings. The maximum atomic E-state index is 14.4. The van der Waals surface area contributed by atoms with E-state index in [1.54, 1.807) is 18.2 Å². The number of carbonyl (C=O) groups is 1. The van der Waals surface area contributed by atoms with Gasteiger partial charge in [0.25, 0.3) is 5.91 Å². The summed E-state index contributed by atoms with van der Waals surface area (Å²) in [5.41, 5.74) is 1.11. The van der Waals surface area contributed by atoms with E-state index in [9.17, 15) is 26.7 Å². The molecular weight excluding hydrogens is 517 g/mol. The Labute approximate surface area is 224 Å². The first-order chi connectivity index (χ1) is 18.7. The minimum atomic E-state index is -4.46. The maximum absolute atomic E-state index is 14.4. The minimum Gasteiger partial charge on any atom is -0.379 e. The van der Waals surface area contributed by atoms with Gasteiger partial charge in [0.15, 0.2) is 0 Å². The van der Waals surface area contributed by atoms with Crippen molar-refractivity contribution in [3.05, 3.63) is 106 Å². The zero-order valence-electron chi connectivity index (χ0n) is 21.3. The SMILES string of the molecule is O=C(NCc1cccc(C(F)(F)F)c1)c1cccc(CN(CCN2CCOCC2)Cc2ccc(F)cc2F)c1. The normalized spacial score (nSPS) is 14.5. The lowest BCUT2D eigenvalue weighted by Gasteiger charge is -2.30. The topological polar surface area (TPSA) is 44.8 Å². The molecule has 5 nitrogen and oxygen atoms in total. The van der Waals surface area contributed by atoms with E-state index >= 15 is 0 Å². The molecular formula is C29H30F5N3O2. The summed E-state index contributed by atoms with van der Waals surface area (Å²) >= 11 is 0. The van der Waals surface area contributed by atoms with Crippen molar-refractivity contribution in [2.24, 2.45) is 0 Å². The molecule has 1 aliphatic heterocycles. The molecule has 0 aliphatic carbocycles. The van der Waals surface area contributed by atoms with E-state index in [4.69, 9.17) is 4.74 Å². The lowest BCUT2D eigenvalue weighted by molar-refractivity contribution is -0.137. The Hall–Kier alpha value is -3.34. The number of ether oxygens (including phenoxy) is 1. The molecule has 0 radical (unpaired) electrons. The van der Waals surface area contributed by atoms with E-state index < -0.39 is 29.3 Å². The van der Waals surface area contributed by atoms with Crippen LogP contribution >= 0.6 is 0 Å². The Balaban J connectivity index is 1.42. The zero-order chi connectivity index (χ0) is 27.8. The van der Waals surface area contributed by atoms with Gasteiger partial charge in [-0.15, -0.1) is 0 Å². The van der Waals surface area contributed by atoms with Gasteiger partial charge in [-0.05, 0) is 41.5 Å². The zero-order valence-corrected chi connectivity index (χ0v) is 21.3. The summed E-state index contributed by atoms with van der Waals surface area (Å²) in [6.45, 7) is 4.89. The van der Waals surface area contributed by atoms with Crippen LogP contribution in [0.2, 0.25) is 0 Å². The second-order valence-electron chi connectivity index (χ2n) is 9.48. The highest BCUT2D eigenvalue weighted by atomic mass is 19.4. The number of halogens is 5. The first kappa shape index (κ1) is 28.7. The summed E-state index contributed by atoms with van der Waals surface area (Å²) in [6.07, 6.45) is -4.46. The predicted octanol–water partition coefficient (Wildman–Crippen LogP) is 5.25. The predicted molar refractivity (Wildman–Crippen MR) is 137 cm³/mol. The van der Waals surface area contributed by atoms with E-state index in [1.165, 1.54) is 24.3 Å². The largest absolute Gasteiger partial charge is 0.416 e. The van der Waals surface area contributed by atoms with Gasteiger partial charge in [-0.1, -0.05) is 30.3 Å². The van der Waals surface area contributed by atoms with Crippen molar-refractivity contribution in [2.45, 2.75) is 25.8 Å². The highest BCUT2D eigenvalue weighted by Gasteiger charge is 2.30. The quantitative estimate of drug-likeness (QED) is 0.353. The van der Waals surface area contributed by atoms with Gasteiger partial charge in [0.2, 0.25) is 0 Å². The number of hydrogen-bond donors (Lipinski definition) is 1. The van der Waals surface area contributed by atoms with Crippen molar-refractivity contribution in [2.75, 3.05) is 39.4 Å². The van der Waals surface area contributed by atoms with Crippen LogP contribution in [0.3, 0.4) is 0 Å². The summed E-state index contributed by atoms with van der Waals surface area (Å²) in [5, 5.41) is 2.67. The number of nitrogens with zero attached hydrogens (tertiary/aromatic N) is 2. The average molecular weight is 548 g/mol. The standard InChI is InChI=1S/C29H30F5N3O2/c30-26-8-7-24(27(31)17-26)20-37(10-9-36-11-13-39-14-12-36)19-22-4-1-5-23(15-22)28(38)35-18-21-3-2-6-25(16-21)29(32,33)34/h1-8,15-17H,9-14,18-20H2,(H,35,38). The fraction of sp³-hybridized carbons (Fsp3) is 0.345. The van der Waals surface area contributed by atoms with Gasteiger partial charge >= 0.3 is 6.18 Å². The van der Waals surface area contributed by atoms with Crippen LogP contribution in [-0.4, -0.2) is 55.1 Å². The number of nitrogens with one attached hydrogen (secondary N) is 1. The average Bonchev–Trinajstić information content (AvgIpc) is 2.92. The van der Waals surface area contributed by atoms with Gasteiger partial charge in [0.05, 0.1) is 18.8 Å². The molecule has 0 unspecified atom stereocenters. The number of morpholine rings is 1. The molecule has 0 atom stereocenters. The third-order valence-corrected chi connectivity index (χ3v) is 6.55. The molecule has 1 saturated heterocycles. The Morgan fingerprint density at radius 3 is 2.41 bits per heavy atom. The third-order valence-electron chi connectivity index (χ3n) is 6.55. The molecule has 0 saturated carbocycles. The Kier molecular flexibility index (Phi) is 9.66. The summed E-state index contributed by atoms with van der Waals surface area (Å²) in [5.74, 6) is -1.67. The van der Waals surface area contributed by atoms with Crippen molar-refractivity contribution in [3.8, 4) is 0 Å². The number of benzene rings is 3. The van der Waals surface area contributed by atoms with E-state index in [0.717, 1.165) is 43.4 Å². The molecule has 1 N–H and O–H groups in total. The van der Waals surface area contributed by atoms with Crippen LogP contribution in [0.5, 0.6) is 0 Å². The second-order valence-corrected chi connectivity index (χ2v) is 9.48. The fourth-order valence-corrected chi connectivity index (χ4v) is 4.42. The maximum Gasteiger partial charge on any atom is 0.416 e. The lowest BCUT2D eigenvalue weighted by atomic mass is 10.1. The molecule has 208 valence electrons. The molecule has 0 spiro atoms. The molecule has 0 bridgehead atoms. The van der Waals surface area contributed by atoms with Crippen molar-refractivity contribution >= 4 is 5.91 Å². The van der Waals surface area contributed by atoms with Crippen molar-refractivity contribution in [1.82, 2.24) is 15.1 Å². The number of rotatable bonds is 10. The van der Waals surface area contributed by atoms with Crippen LogP contribution in [0, 0.1) is 11.6 Å². The van der Waals surface area contributed by atoms with Crippen molar-refractivity contribution in [3.63, 3.8) is 0 Å². The molecule has 1 heterocycles. The summed E-state index contributed by atoms with van der Waals surface area (Å²) in [4.78, 5) is 17.1. The lowest BCUT2D eigenvalue weighted by Crippen LogP contribution is -2.41. The summed E-state index contributed by atoms with van der Waals surface area (Å²) in [6, 6.07) is 15.3. The van der Waals surface area contributed by atoms with E-state index in [2.05, 4.69) is 10.2 Å². The molecule has 3 aromatic carbocycles. The number of hydrogen-bond acceptors (Lipinski definition) is 4. The van der Waals surface area contributed by atoms with Crippen LogP contribution in [0.15, 0.2) is 66.7 Å². The smallest absolute Gasteiger partial charge is 0.379 e. The molecule has 1 fully saturated rings. The van der Waals surface area contributed by atoms with Crippen molar-refractivity contribution in [1.29, 1.82) is 0 Å². The molecule has 39 heavy (non-hydrogen) atoms. The number of alkyl halides is 3. The van der Waals surface area contributed by atoms with Crippen LogP contribution in [0.25, 0.3) is 0 Å². The van der Waals surface area contributed by atoms with Gasteiger partial charge in [-0.2, -0.15) is 13.2 Å². The van der Waals surface area contributed by atoms with Crippen molar-refractivity contribution < 1.29 is 31.5 Å². The molecule has 1 aliphatic rings. The van der Waals surface area contributed by atoms with Gasteiger partial charge in [-0.25, -0.2) is 8.78 Å². The molecule has 0 aromatic heterocycles. The Morgan fingerprint density at radius 1 is 0.923 bits per heavy atom. The van der Waals surface area contributed by atoms with Gasteiger partial charge in [0.1, 0.15) is 11.6 Å². The van der Waals surface area contributed by atoms with Crippen LogP contribution < -0.4 is 5.32 Å². The Morgan fingerprint density at radius 2 is 1.67 bits per heavy atom. The van der Waals surface area contributed by atoms with E-state index in [0.29, 0.717) is 43.0 Å². The number of carbonyl (C=O) groups excluding carboxylic acids is 1. The Bertz CT molecular complexity index is 1260. The van der Waals surface area contributed by atoms with Gasteiger partial charge in [-0.3, -0.25) is 14.6 Å².